The van der Waals surface area contributed by atoms with Gasteiger partial charge in [0.1, 0.15) is 11.5 Å². The van der Waals surface area contributed by atoms with Gasteiger partial charge in [-0.3, -0.25) is 19.0 Å². The zero-order valence-electron chi connectivity index (χ0n) is 16.7. The maximum absolute atomic E-state index is 12.7. The molecular formula is C19H23ClN6O3. The number of aromatic nitrogens is 4. The molecule has 9 nitrogen and oxygen atoms in total. The highest BCUT2D eigenvalue weighted by Gasteiger charge is 2.22. The summed E-state index contributed by atoms with van der Waals surface area (Å²) in [6, 6.07) is 3.51. The van der Waals surface area contributed by atoms with Crippen LogP contribution in [0.25, 0.3) is 0 Å². The summed E-state index contributed by atoms with van der Waals surface area (Å²) in [5.74, 6) is -0.386. The summed E-state index contributed by atoms with van der Waals surface area (Å²) in [6.45, 7) is 6.06. The van der Waals surface area contributed by atoms with Crippen LogP contribution in [-0.2, 0) is 24.9 Å². The number of amides is 2. The predicted molar refractivity (Wildman–Crippen MR) is 108 cm³/mol. The summed E-state index contributed by atoms with van der Waals surface area (Å²) >= 11 is 6.17. The van der Waals surface area contributed by atoms with Crippen LogP contribution in [0.3, 0.4) is 0 Å². The lowest BCUT2D eigenvalue weighted by Gasteiger charge is -2.14. The Morgan fingerprint density at radius 2 is 2.10 bits per heavy atom. The zero-order valence-corrected chi connectivity index (χ0v) is 17.4. The average Bonchev–Trinajstić information content (AvgIpc) is 3.38. The highest BCUT2D eigenvalue weighted by Crippen LogP contribution is 2.21. The van der Waals surface area contributed by atoms with Gasteiger partial charge in [0.2, 0.25) is 5.91 Å². The van der Waals surface area contributed by atoms with Gasteiger partial charge in [-0.05, 0) is 26.0 Å². The molecule has 3 heterocycles. The molecule has 3 aromatic rings. The van der Waals surface area contributed by atoms with Crippen molar-refractivity contribution in [1.29, 1.82) is 0 Å². The molecule has 2 N–H and O–H groups in total. The highest BCUT2D eigenvalue weighted by atomic mass is 35.5. The summed E-state index contributed by atoms with van der Waals surface area (Å²) in [5.41, 5.74) is 2.13. The molecule has 0 aliphatic heterocycles. The molecule has 0 radical (unpaired) electrons. The number of halogens is 1. The molecule has 0 fully saturated rings. The molecule has 1 unspecified atom stereocenters. The molecule has 0 aliphatic carbocycles. The van der Waals surface area contributed by atoms with Crippen molar-refractivity contribution in [3.63, 3.8) is 0 Å². The second kappa shape index (κ2) is 8.52. The third kappa shape index (κ3) is 4.51. The Bertz CT molecular complexity index is 1020. The van der Waals surface area contributed by atoms with Gasteiger partial charge in [0.15, 0.2) is 0 Å². The molecule has 29 heavy (non-hydrogen) atoms. The van der Waals surface area contributed by atoms with E-state index < -0.39 is 5.92 Å². The zero-order chi connectivity index (χ0) is 21.1. The van der Waals surface area contributed by atoms with Crippen molar-refractivity contribution in [3.05, 3.63) is 52.5 Å². The molecular weight excluding hydrogens is 396 g/mol. The van der Waals surface area contributed by atoms with Gasteiger partial charge in [0, 0.05) is 7.05 Å². The lowest BCUT2D eigenvalue weighted by molar-refractivity contribution is -0.119. The van der Waals surface area contributed by atoms with Gasteiger partial charge >= 0.3 is 0 Å². The van der Waals surface area contributed by atoms with Crippen LogP contribution in [0, 0.1) is 19.8 Å². The number of hydrogen-bond donors (Lipinski definition) is 2. The van der Waals surface area contributed by atoms with Gasteiger partial charge in [0.25, 0.3) is 5.91 Å². The van der Waals surface area contributed by atoms with E-state index in [1.807, 2.05) is 13.8 Å². The Kier molecular flexibility index (Phi) is 6.07. The maximum atomic E-state index is 12.7. The molecule has 0 aliphatic rings. The Morgan fingerprint density at radius 1 is 1.34 bits per heavy atom. The molecule has 154 valence electrons. The van der Waals surface area contributed by atoms with E-state index in [1.54, 1.807) is 30.8 Å². The fourth-order valence-corrected chi connectivity index (χ4v) is 3.05. The topological polar surface area (TPSA) is 107 Å². The van der Waals surface area contributed by atoms with Crippen LogP contribution >= 0.6 is 11.6 Å². The van der Waals surface area contributed by atoms with E-state index >= 15 is 0 Å². The Morgan fingerprint density at radius 3 is 2.72 bits per heavy atom. The van der Waals surface area contributed by atoms with Gasteiger partial charge < -0.3 is 15.1 Å². The summed E-state index contributed by atoms with van der Waals surface area (Å²) in [5, 5.41) is 14.6. The minimum absolute atomic E-state index is 0.236. The molecule has 0 spiro atoms. The first-order chi connectivity index (χ1) is 13.8. The maximum Gasteiger partial charge on any atom is 0.272 e. The van der Waals surface area contributed by atoms with Crippen molar-refractivity contribution in [2.75, 3.05) is 5.32 Å². The number of carbonyl (C=O) groups is 2. The number of furan rings is 1. The van der Waals surface area contributed by atoms with Crippen LogP contribution in [0.5, 0.6) is 0 Å². The number of rotatable bonds is 7. The van der Waals surface area contributed by atoms with Crippen molar-refractivity contribution < 1.29 is 14.0 Å². The van der Waals surface area contributed by atoms with Gasteiger partial charge in [-0.1, -0.05) is 18.5 Å². The van der Waals surface area contributed by atoms with E-state index in [2.05, 4.69) is 20.8 Å². The first-order valence-corrected chi connectivity index (χ1v) is 9.48. The highest BCUT2D eigenvalue weighted by molar-refractivity contribution is 6.31. The second-order valence-electron chi connectivity index (χ2n) is 6.85. The lowest BCUT2D eigenvalue weighted by atomic mass is 10.1. The summed E-state index contributed by atoms with van der Waals surface area (Å²) in [7, 11) is 1.64. The van der Waals surface area contributed by atoms with Gasteiger partial charge in [-0.25, -0.2) is 0 Å². The van der Waals surface area contributed by atoms with Gasteiger partial charge in [-0.15, -0.1) is 0 Å². The van der Waals surface area contributed by atoms with E-state index in [4.69, 9.17) is 16.0 Å². The Hall–Kier alpha value is -3.07. The third-order valence-corrected chi connectivity index (χ3v) is 5.15. The SMILES string of the molecule is Cc1nn(CC(C)C(=O)Nc2cnn(C)c2C(=O)NCc2ccco2)c(C)c1Cl. The van der Waals surface area contributed by atoms with Gasteiger partial charge in [0.05, 0.1) is 53.6 Å². The third-order valence-electron chi connectivity index (χ3n) is 4.60. The summed E-state index contributed by atoms with van der Waals surface area (Å²) in [6.07, 6.45) is 2.99. The molecule has 3 aromatic heterocycles. The molecule has 0 saturated carbocycles. The van der Waals surface area contributed by atoms with Crippen LogP contribution in [0.2, 0.25) is 5.02 Å². The van der Waals surface area contributed by atoms with E-state index in [9.17, 15) is 9.59 Å². The van der Waals surface area contributed by atoms with Crippen LogP contribution in [0.15, 0.2) is 29.0 Å². The van der Waals surface area contributed by atoms with E-state index in [0.29, 0.717) is 23.0 Å². The first kappa shape index (κ1) is 20.7. The predicted octanol–water partition coefficient (Wildman–Crippen LogP) is 2.68. The molecule has 3 rings (SSSR count). The van der Waals surface area contributed by atoms with Crippen molar-refractivity contribution in [2.24, 2.45) is 13.0 Å². The van der Waals surface area contributed by atoms with Crippen molar-refractivity contribution in [1.82, 2.24) is 24.9 Å². The molecule has 0 aromatic carbocycles. The first-order valence-electron chi connectivity index (χ1n) is 9.10. The smallest absolute Gasteiger partial charge is 0.272 e. The lowest BCUT2D eigenvalue weighted by Crippen LogP contribution is -2.29. The van der Waals surface area contributed by atoms with E-state index in [0.717, 1.165) is 11.4 Å². The molecule has 1 atom stereocenters. The number of aryl methyl sites for hydroxylation is 2. The number of nitrogens with zero attached hydrogens (tertiary/aromatic N) is 4. The number of hydrogen-bond acceptors (Lipinski definition) is 5. The summed E-state index contributed by atoms with van der Waals surface area (Å²) < 4.78 is 8.34. The minimum atomic E-state index is -0.400. The van der Waals surface area contributed by atoms with Crippen LogP contribution < -0.4 is 10.6 Å². The van der Waals surface area contributed by atoms with E-state index in [-0.39, 0.29) is 24.1 Å². The fourth-order valence-electron chi connectivity index (χ4n) is 2.91. The average molecular weight is 419 g/mol. The van der Waals surface area contributed by atoms with Gasteiger partial charge in [-0.2, -0.15) is 10.2 Å². The quantitative estimate of drug-likeness (QED) is 0.613. The van der Waals surface area contributed by atoms with Crippen LogP contribution in [0.4, 0.5) is 5.69 Å². The Balaban J connectivity index is 1.67. The normalized spacial score (nSPS) is 12.0. The molecule has 2 amide bonds. The second-order valence-corrected chi connectivity index (χ2v) is 7.23. The molecule has 0 saturated heterocycles. The van der Waals surface area contributed by atoms with Crippen LogP contribution in [0.1, 0.15) is 34.6 Å². The number of carbonyl (C=O) groups excluding carboxylic acids is 2. The van der Waals surface area contributed by atoms with Crippen molar-refractivity contribution in [3.8, 4) is 0 Å². The summed E-state index contributed by atoms with van der Waals surface area (Å²) in [4.78, 5) is 25.3. The van der Waals surface area contributed by atoms with Crippen molar-refractivity contribution in [2.45, 2.75) is 33.9 Å². The molecule has 0 bridgehead atoms. The monoisotopic (exact) mass is 418 g/mol. The fraction of sp³-hybridized carbons (Fsp3) is 0.368. The largest absolute Gasteiger partial charge is 0.467 e. The van der Waals surface area contributed by atoms with Crippen LogP contribution in [-0.4, -0.2) is 31.4 Å². The minimum Gasteiger partial charge on any atom is -0.467 e. The standard InChI is InChI=1S/C19H23ClN6O3/c1-11(10-26-13(3)16(20)12(2)24-26)18(27)23-15-9-22-25(4)17(15)19(28)21-8-14-6-5-7-29-14/h5-7,9,11H,8,10H2,1-4H3,(H,21,28)(H,23,27). The molecule has 10 heteroatoms. The number of anilines is 1. The van der Waals surface area contributed by atoms with Crippen molar-refractivity contribution >= 4 is 29.1 Å². The number of nitrogens with one attached hydrogen (secondary N) is 2. The Labute approximate surface area is 173 Å². The van der Waals surface area contributed by atoms with E-state index in [1.165, 1.54) is 17.1 Å².